The lowest BCUT2D eigenvalue weighted by Gasteiger charge is -2.23. The number of nitrogens with zero attached hydrogens (tertiary/aromatic N) is 1. The quantitative estimate of drug-likeness (QED) is 0.817. The van der Waals surface area contributed by atoms with E-state index in [2.05, 4.69) is 0 Å². The number of sulfone groups is 1. The molecule has 1 aromatic heterocycles. The summed E-state index contributed by atoms with van der Waals surface area (Å²) in [5.74, 6) is 1.69. The van der Waals surface area contributed by atoms with Crippen molar-refractivity contribution < 1.29 is 22.4 Å². The van der Waals surface area contributed by atoms with E-state index < -0.39 is 9.84 Å². The number of amides is 1. The van der Waals surface area contributed by atoms with Crippen molar-refractivity contribution >= 4 is 26.7 Å². The van der Waals surface area contributed by atoms with Crippen molar-refractivity contribution in [1.82, 2.24) is 4.90 Å². The predicted molar refractivity (Wildman–Crippen MR) is 98.2 cm³/mol. The molecule has 0 N–H and O–H groups in total. The van der Waals surface area contributed by atoms with E-state index >= 15 is 0 Å². The maximum atomic E-state index is 12.3. The molecule has 1 aliphatic carbocycles. The van der Waals surface area contributed by atoms with Crippen molar-refractivity contribution in [3.63, 3.8) is 0 Å². The highest BCUT2D eigenvalue weighted by Gasteiger charge is 2.32. The Morgan fingerprint density at radius 1 is 1.31 bits per heavy atom. The molecule has 2 heterocycles. The van der Waals surface area contributed by atoms with Crippen LogP contribution in [-0.4, -0.2) is 50.4 Å². The van der Waals surface area contributed by atoms with E-state index in [9.17, 15) is 13.2 Å². The molecule has 1 amide bonds. The zero-order valence-electron chi connectivity index (χ0n) is 14.9. The molecular formula is C19H23NO5S. The number of carbonyl (C=O) groups excluding carboxylic acids is 1. The molecule has 140 valence electrons. The van der Waals surface area contributed by atoms with Crippen LogP contribution in [0.15, 0.2) is 22.6 Å². The summed E-state index contributed by atoms with van der Waals surface area (Å²) in [5.41, 5.74) is 2.13. The number of likely N-dealkylation sites (N-methyl/N-ethyl adjacent to an activating group) is 1. The second kappa shape index (κ2) is 6.61. The Bertz CT molecular complexity index is 946. The minimum Gasteiger partial charge on any atom is -0.484 e. The minimum absolute atomic E-state index is 0.0440. The van der Waals surface area contributed by atoms with Crippen molar-refractivity contribution in [3.8, 4) is 5.75 Å². The summed E-state index contributed by atoms with van der Waals surface area (Å²) in [6.45, 7) is -0.0986. The first kappa shape index (κ1) is 17.4. The smallest absolute Gasteiger partial charge is 0.260 e. The fourth-order valence-corrected chi connectivity index (χ4v) is 5.64. The highest BCUT2D eigenvalue weighted by molar-refractivity contribution is 7.91. The molecule has 0 bridgehead atoms. The molecule has 7 heteroatoms. The summed E-state index contributed by atoms with van der Waals surface area (Å²) < 4.78 is 34.8. The molecule has 0 radical (unpaired) electrons. The number of ether oxygens (including phenoxy) is 1. The molecule has 1 aliphatic heterocycles. The largest absolute Gasteiger partial charge is 0.484 e. The van der Waals surface area contributed by atoms with Gasteiger partial charge >= 0.3 is 0 Å². The van der Waals surface area contributed by atoms with Gasteiger partial charge in [-0.25, -0.2) is 8.42 Å². The summed E-state index contributed by atoms with van der Waals surface area (Å²) >= 11 is 0. The van der Waals surface area contributed by atoms with Gasteiger partial charge in [0.2, 0.25) is 0 Å². The number of rotatable bonds is 4. The monoisotopic (exact) mass is 377 g/mol. The molecule has 4 rings (SSSR count). The van der Waals surface area contributed by atoms with Gasteiger partial charge in [0.25, 0.3) is 5.91 Å². The summed E-state index contributed by atoms with van der Waals surface area (Å²) in [6.07, 6.45) is 4.82. The van der Waals surface area contributed by atoms with Gasteiger partial charge < -0.3 is 14.1 Å². The third-order valence-electron chi connectivity index (χ3n) is 5.44. The fraction of sp³-hybridized carbons (Fsp3) is 0.526. The molecule has 2 aromatic rings. The number of furan rings is 1. The first-order valence-electron chi connectivity index (χ1n) is 9.06. The van der Waals surface area contributed by atoms with Crippen molar-refractivity contribution in [2.24, 2.45) is 0 Å². The maximum absolute atomic E-state index is 12.3. The molecular weight excluding hydrogens is 354 g/mol. The Hall–Kier alpha value is -2.02. The number of aryl methyl sites for hydroxylation is 2. The molecule has 6 nitrogen and oxygen atoms in total. The molecule has 0 spiro atoms. The van der Waals surface area contributed by atoms with Crippen LogP contribution in [-0.2, 0) is 27.5 Å². The van der Waals surface area contributed by atoms with Crippen LogP contribution in [0.2, 0.25) is 0 Å². The van der Waals surface area contributed by atoms with E-state index in [0.717, 1.165) is 36.0 Å². The van der Waals surface area contributed by atoms with Gasteiger partial charge in [-0.15, -0.1) is 0 Å². The van der Waals surface area contributed by atoms with Gasteiger partial charge in [-0.05, 0) is 43.9 Å². The van der Waals surface area contributed by atoms with Crippen molar-refractivity contribution in [2.75, 3.05) is 25.2 Å². The van der Waals surface area contributed by atoms with Gasteiger partial charge in [0, 0.05) is 30.5 Å². The second-order valence-electron chi connectivity index (χ2n) is 7.22. The van der Waals surface area contributed by atoms with Gasteiger partial charge in [-0.2, -0.15) is 0 Å². The van der Waals surface area contributed by atoms with Crippen LogP contribution in [0.25, 0.3) is 11.0 Å². The zero-order valence-corrected chi connectivity index (χ0v) is 15.7. The zero-order chi connectivity index (χ0) is 18.3. The minimum atomic E-state index is -3.01. The first-order valence-corrected chi connectivity index (χ1v) is 10.9. The number of hydrogen-bond donors (Lipinski definition) is 0. The molecule has 0 unspecified atom stereocenters. The van der Waals surface area contributed by atoms with Crippen LogP contribution >= 0.6 is 0 Å². The average molecular weight is 377 g/mol. The second-order valence-corrected chi connectivity index (χ2v) is 9.45. The summed E-state index contributed by atoms with van der Waals surface area (Å²) in [7, 11) is -1.37. The van der Waals surface area contributed by atoms with Crippen LogP contribution < -0.4 is 4.74 Å². The fourth-order valence-electron chi connectivity index (χ4n) is 3.86. The first-order chi connectivity index (χ1) is 12.4. The SMILES string of the molecule is CN(C(=O)COc1ccc2oc3c(c2c1)CCCC3)[C@@H]1CCS(=O)(=O)C1. The highest BCUT2D eigenvalue weighted by atomic mass is 32.2. The third kappa shape index (κ3) is 3.32. The normalized spacial score (nSPS) is 21.5. The average Bonchev–Trinajstić information content (AvgIpc) is 3.18. The lowest BCUT2D eigenvalue weighted by molar-refractivity contribution is -0.133. The molecule has 2 aliphatic rings. The van der Waals surface area contributed by atoms with Gasteiger partial charge in [0.15, 0.2) is 16.4 Å². The molecule has 1 aromatic carbocycles. The van der Waals surface area contributed by atoms with Crippen molar-refractivity contribution in [2.45, 2.75) is 38.1 Å². The Balaban J connectivity index is 1.43. The molecule has 26 heavy (non-hydrogen) atoms. The number of carbonyl (C=O) groups is 1. The maximum Gasteiger partial charge on any atom is 0.260 e. The molecule has 1 atom stereocenters. The van der Waals surface area contributed by atoms with Crippen LogP contribution in [0.4, 0.5) is 0 Å². The van der Waals surface area contributed by atoms with Gasteiger partial charge in [-0.3, -0.25) is 4.79 Å². The third-order valence-corrected chi connectivity index (χ3v) is 7.19. The summed E-state index contributed by atoms with van der Waals surface area (Å²) in [5, 5.41) is 1.07. The summed E-state index contributed by atoms with van der Waals surface area (Å²) in [6, 6.07) is 5.39. The summed E-state index contributed by atoms with van der Waals surface area (Å²) in [4.78, 5) is 13.9. The van der Waals surface area contributed by atoms with E-state index in [1.54, 1.807) is 7.05 Å². The standard InChI is InChI=1S/C19H23NO5S/c1-20(13-8-9-26(22,23)12-13)19(21)11-24-14-6-7-18-16(10-14)15-4-2-3-5-17(15)25-18/h6-7,10,13H,2-5,8-9,11-12H2,1H3/t13-/m1/s1. The van der Waals surface area contributed by atoms with Crippen LogP contribution in [0.5, 0.6) is 5.75 Å². The van der Waals surface area contributed by atoms with E-state index in [1.165, 1.54) is 16.9 Å². The number of fused-ring (bicyclic) bond motifs is 3. The molecule has 0 saturated carbocycles. The Morgan fingerprint density at radius 2 is 2.12 bits per heavy atom. The predicted octanol–water partition coefficient (Wildman–Crippen LogP) is 2.34. The van der Waals surface area contributed by atoms with Crippen LogP contribution in [0, 0.1) is 0 Å². The van der Waals surface area contributed by atoms with Crippen LogP contribution in [0.3, 0.4) is 0 Å². The lowest BCUT2D eigenvalue weighted by Crippen LogP contribution is -2.40. The Kier molecular flexibility index (Phi) is 4.42. The lowest BCUT2D eigenvalue weighted by atomic mass is 9.96. The Labute approximate surface area is 153 Å². The van der Waals surface area contributed by atoms with E-state index in [1.807, 2.05) is 18.2 Å². The molecule has 1 saturated heterocycles. The van der Waals surface area contributed by atoms with Crippen molar-refractivity contribution in [3.05, 3.63) is 29.5 Å². The van der Waals surface area contributed by atoms with Gasteiger partial charge in [0.05, 0.1) is 11.5 Å². The topological polar surface area (TPSA) is 76.8 Å². The van der Waals surface area contributed by atoms with Crippen molar-refractivity contribution in [1.29, 1.82) is 0 Å². The van der Waals surface area contributed by atoms with Crippen LogP contribution in [0.1, 0.15) is 30.6 Å². The number of benzene rings is 1. The number of hydrogen-bond acceptors (Lipinski definition) is 5. The molecule has 1 fully saturated rings. The van der Waals surface area contributed by atoms with Gasteiger partial charge in [-0.1, -0.05) is 0 Å². The Morgan fingerprint density at radius 3 is 2.88 bits per heavy atom. The highest BCUT2D eigenvalue weighted by Crippen LogP contribution is 2.34. The van der Waals surface area contributed by atoms with E-state index in [0.29, 0.717) is 12.2 Å². The van der Waals surface area contributed by atoms with Gasteiger partial charge in [0.1, 0.15) is 17.1 Å². The van der Waals surface area contributed by atoms with E-state index in [-0.39, 0.29) is 30.1 Å². The van der Waals surface area contributed by atoms with E-state index in [4.69, 9.17) is 9.15 Å².